The minimum absolute atomic E-state index is 0.0450. The van der Waals surface area contributed by atoms with Crippen molar-refractivity contribution in [1.29, 1.82) is 0 Å². The summed E-state index contributed by atoms with van der Waals surface area (Å²) in [4.78, 5) is 38.4. The fourth-order valence-electron chi connectivity index (χ4n) is 3.77. The van der Waals surface area contributed by atoms with Crippen molar-refractivity contribution in [3.63, 3.8) is 0 Å². The number of phenolic OH excluding ortho intramolecular Hbond substituents is 1. The Bertz CT molecular complexity index is 1600. The first-order valence-electron chi connectivity index (χ1n) is 11.8. The zero-order valence-electron chi connectivity index (χ0n) is 21.2. The molecule has 0 saturated carbocycles. The number of phenols is 1. The van der Waals surface area contributed by atoms with Gasteiger partial charge >= 0.3 is 0 Å². The van der Waals surface area contributed by atoms with Crippen LogP contribution < -0.4 is 15.6 Å². The van der Waals surface area contributed by atoms with Crippen LogP contribution in [0.15, 0.2) is 95.7 Å². The van der Waals surface area contributed by atoms with Gasteiger partial charge in [0.2, 0.25) is 0 Å². The fourth-order valence-corrected chi connectivity index (χ4v) is 3.77. The van der Waals surface area contributed by atoms with E-state index >= 15 is 0 Å². The Balaban J connectivity index is 1.60. The summed E-state index contributed by atoms with van der Waals surface area (Å²) >= 11 is 0. The topological polar surface area (TPSA) is 137 Å². The number of nitrogens with one attached hydrogen (secondary N) is 2. The fraction of sp³-hybridized carbons (Fsp3) is 0.0690. The third-order valence-corrected chi connectivity index (χ3v) is 5.84. The minimum atomic E-state index is -0.692. The third kappa shape index (κ3) is 6.44. The molecule has 0 heterocycles. The number of aromatic hydroxyl groups is 1. The number of rotatable bonds is 8. The van der Waals surface area contributed by atoms with Crippen LogP contribution in [0.5, 0.6) is 5.75 Å². The molecule has 4 rings (SSSR count). The predicted octanol–water partition coefficient (Wildman–Crippen LogP) is 4.44. The number of nitrogens with zero attached hydrogens (tertiary/aromatic N) is 3. The van der Waals surface area contributed by atoms with E-state index in [9.17, 15) is 24.8 Å². The lowest BCUT2D eigenvalue weighted by Gasteiger charge is -2.13. The zero-order chi connectivity index (χ0) is 27.9. The molecule has 3 N–H and O–H groups in total. The number of nitro groups is 1. The lowest BCUT2D eigenvalue weighted by Crippen LogP contribution is -2.32. The van der Waals surface area contributed by atoms with Gasteiger partial charge in [-0.15, -0.1) is 0 Å². The summed E-state index contributed by atoms with van der Waals surface area (Å²) in [5.74, 6) is -1.29. The molecule has 0 spiro atoms. The van der Waals surface area contributed by atoms with Gasteiger partial charge in [0.05, 0.1) is 11.1 Å². The van der Waals surface area contributed by atoms with Crippen molar-refractivity contribution in [2.75, 3.05) is 19.0 Å². The number of nitro benzene ring substituents is 1. The highest BCUT2D eigenvalue weighted by molar-refractivity contribution is 6.06. The molecule has 0 saturated heterocycles. The Hall–Kier alpha value is -5.51. The van der Waals surface area contributed by atoms with Crippen LogP contribution in [-0.2, 0) is 4.79 Å². The van der Waals surface area contributed by atoms with E-state index < -0.39 is 16.7 Å². The Kier molecular flexibility index (Phi) is 7.96. The first-order chi connectivity index (χ1) is 18.7. The monoisotopic (exact) mass is 523 g/mol. The summed E-state index contributed by atoms with van der Waals surface area (Å²) in [6.07, 6.45) is 2.77. The molecule has 4 aromatic rings. The molecule has 10 heteroatoms. The number of benzene rings is 4. The van der Waals surface area contributed by atoms with Gasteiger partial charge < -0.3 is 15.3 Å². The molecule has 0 aliphatic heterocycles. The second-order valence-corrected chi connectivity index (χ2v) is 8.72. The van der Waals surface area contributed by atoms with Gasteiger partial charge in [-0.25, -0.2) is 5.43 Å². The number of anilines is 1. The molecule has 10 nitrogen and oxygen atoms in total. The largest absolute Gasteiger partial charge is 0.507 e. The van der Waals surface area contributed by atoms with Gasteiger partial charge in [0, 0.05) is 43.0 Å². The van der Waals surface area contributed by atoms with Gasteiger partial charge in [0.15, 0.2) is 0 Å². The number of carbonyl (C=O) groups excluding carboxylic acids is 2. The highest BCUT2D eigenvalue weighted by Gasteiger charge is 2.15. The van der Waals surface area contributed by atoms with Gasteiger partial charge in [-0.2, -0.15) is 5.10 Å². The molecule has 0 radical (unpaired) electrons. The number of fused-ring (bicyclic) bond motifs is 1. The lowest BCUT2D eigenvalue weighted by atomic mass is 10.0. The molecular formula is C29H25N5O5. The smallest absolute Gasteiger partial charge is 0.287 e. The number of hydrazone groups is 1. The highest BCUT2D eigenvalue weighted by atomic mass is 16.6. The van der Waals surface area contributed by atoms with Crippen LogP contribution in [0.3, 0.4) is 0 Å². The molecule has 196 valence electrons. The van der Waals surface area contributed by atoms with Crippen LogP contribution in [0.25, 0.3) is 16.8 Å². The maximum atomic E-state index is 13.1. The Morgan fingerprint density at radius 1 is 0.974 bits per heavy atom. The number of hydrogen-bond donors (Lipinski definition) is 3. The zero-order valence-corrected chi connectivity index (χ0v) is 21.2. The van der Waals surface area contributed by atoms with Gasteiger partial charge in [0.1, 0.15) is 11.4 Å². The molecule has 0 fully saturated rings. The van der Waals surface area contributed by atoms with E-state index in [1.54, 1.807) is 36.4 Å². The summed E-state index contributed by atoms with van der Waals surface area (Å²) < 4.78 is 0. The third-order valence-electron chi connectivity index (χ3n) is 5.84. The molecule has 39 heavy (non-hydrogen) atoms. The van der Waals surface area contributed by atoms with E-state index in [0.29, 0.717) is 21.9 Å². The van der Waals surface area contributed by atoms with Crippen LogP contribution in [0.1, 0.15) is 21.5 Å². The van der Waals surface area contributed by atoms with Crippen molar-refractivity contribution in [3.05, 3.63) is 117 Å². The molecule has 4 aromatic carbocycles. The van der Waals surface area contributed by atoms with Gasteiger partial charge in [-0.1, -0.05) is 36.4 Å². The molecule has 0 bridgehead atoms. The van der Waals surface area contributed by atoms with Crippen molar-refractivity contribution < 1.29 is 19.6 Å². The molecular weight excluding hydrogens is 498 g/mol. The van der Waals surface area contributed by atoms with Crippen molar-refractivity contribution in [2.24, 2.45) is 5.10 Å². The van der Waals surface area contributed by atoms with Crippen molar-refractivity contribution in [3.8, 4) is 5.75 Å². The number of amides is 2. The summed E-state index contributed by atoms with van der Waals surface area (Å²) in [6, 6.07) is 23.0. The standard InChI is InChI=1S/C29H25N5O5/c1-33(2)22-11-8-19(9-12-22)16-26(31-28(36)20-6-4-3-5-7-20)29(37)32-30-18-25-24-14-13-23(34(38)39)17-21(24)10-15-27(25)35/h3-18,35H,1-2H3,(H,31,36)(H,32,37)/b26-16?,30-18+. The van der Waals surface area contributed by atoms with Gasteiger partial charge in [-0.05, 0) is 58.8 Å². The second-order valence-electron chi connectivity index (χ2n) is 8.72. The van der Waals surface area contributed by atoms with E-state index in [0.717, 1.165) is 5.69 Å². The molecule has 0 atom stereocenters. The molecule has 0 aliphatic carbocycles. The second kappa shape index (κ2) is 11.7. The summed E-state index contributed by atoms with van der Waals surface area (Å²) in [5, 5.41) is 29.1. The highest BCUT2D eigenvalue weighted by Crippen LogP contribution is 2.28. The molecule has 0 aliphatic rings. The van der Waals surface area contributed by atoms with E-state index in [4.69, 9.17) is 0 Å². The van der Waals surface area contributed by atoms with E-state index in [2.05, 4.69) is 15.8 Å². The van der Waals surface area contributed by atoms with Crippen LogP contribution in [0.4, 0.5) is 11.4 Å². The first-order valence-corrected chi connectivity index (χ1v) is 11.8. The number of hydrogen-bond acceptors (Lipinski definition) is 7. The normalized spacial score (nSPS) is 11.4. The molecule has 2 amide bonds. The lowest BCUT2D eigenvalue weighted by molar-refractivity contribution is -0.384. The summed E-state index contributed by atoms with van der Waals surface area (Å²) in [5.41, 5.74) is 4.53. The van der Waals surface area contributed by atoms with Crippen LogP contribution >= 0.6 is 0 Å². The van der Waals surface area contributed by atoms with Gasteiger partial charge in [0.25, 0.3) is 17.5 Å². The maximum Gasteiger partial charge on any atom is 0.287 e. The Morgan fingerprint density at radius 2 is 1.69 bits per heavy atom. The SMILES string of the molecule is CN(C)c1ccc(C=C(NC(=O)c2ccccc2)C(=O)N/N=C/c2c(O)ccc3cc([N+](=O)[O-])ccc23)cc1. The van der Waals surface area contributed by atoms with Crippen molar-refractivity contribution >= 4 is 46.3 Å². The summed E-state index contributed by atoms with van der Waals surface area (Å²) in [7, 11) is 3.83. The van der Waals surface area contributed by atoms with Gasteiger partial charge in [-0.3, -0.25) is 19.7 Å². The number of non-ortho nitro benzene ring substituents is 1. The minimum Gasteiger partial charge on any atom is -0.507 e. The Labute approximate surface area is 224 Å². The predicted molar refractivity (Wildman–Crippen MR) is 151 cm³/mol. The quantitative estimate of drug-likeness (QED) is 0.135. The van der Waals surface area contributed by atoms with E-state index in [-0.39, 0.29) is 22.7 Å². The maximum absolute atomic E-state index is 13.1. The van der Waals surface area contributed by atoms with E-state index in [1.165, 1.54) is 36.6 Å². The average Bonchev–Trinajstić information content (AvgIpc) is 2.94. The van der Waals surface area contributed by atoms with Crippen LogP contribution in [0, 0.1) is 10.1 Å². The van der Waals surface area contributed by atoms with Crippen LogP contribution in [-0.4, -0.2) is 42.2 Å². The van der Waals surface area contributed by atoms with E-state index in [1.807, 2.05) is 43.3 Å². The first kappa shape index (κ1) is 26.6. The average molecular weight is 524 g/mol. The summed E-state index contributed by atoms with van der Waals surface area (Å²) in [6.45, 7) is 0. The molecule has 0 aromatic heterocycles. The Morgan fingerprint density at radius 3 is 2.36 bits per heavy atom. The number of carbonyl (C=O) groups is 2. The van der Waals surface area contributed by atoms with Crippen LogP contribution in [0.2, 0.25) is 0 Å². The van der Waals surface area contributed by atoms with Crippen molar-refractivity contribution in [2.45, 2.75) is 0 Å². The van der Waals surface area contributed by atoms with Crippen molar-refractivity contribution in [1.82, 2.24) is 10.7 Å². The molecule has 0 unspecified atom stereocenters.